The largest absolute Gasteiger partial charge is 0.262 e. The Morgan fingerprint density at radius 1 is 0.885 bits per heavy atom. The number of fused-ring (bicyclic) bond motifs is 2. The van der Waals surface area contributed by atoms with Crippen molar-refractivity contribution in [1.29, 1.82) is 0 Å². The van der Waals surface area contributed by atoms with Crippen molar-refractivity contribution in [3.8, 4) is 0 Å². The fraction of sp³-hybridized carbons (Fsp3) is 0.286. The first-order chi connectivity index (χ1) is 12.6. The summed E-state index contributed by atoms with van der Waals surface area (Å²) in [5.41, 5.74) is 6.32. The number of benzene rings is 1. The standard InChI is InChI=1S/C21H21N5/c1-13(2)17-11-25-26-19-9-15(4-5-16(17)19)8-14(3)18-10-22-12-20-21(18)24-7-6-23-20/h4-7,9-14H,8H2,1-3H3. The van der Waals surface area contributed by atoms with E-state index in [0.717, 1.165) is 28.5 Å². The van der Waals surface area contributed by atoms with Crippen LogP contribution < -0.4 is 0 Å². The lowest BCUT2D eigenvalue weighted by molar-refractivity contribution is 0.759. The molecule has 1 atom stereocenters. The van der Waals surface area contributed by atoms with Gasteiger partial charge in [-0.2, -0.15) is 10.2 Å². The van der Waals surface area contributed by atoms with Crippen LogP contribution in [0.15, 0.2) is 49.2 Å². The molecule has 0 bridgehead atoms. The van der Waals surface area contributed by atoms with E-state index in [1.807, 2.05) is 12.4 Å². The summed E-state index contributed by atoms with van der Waals surface area (Å²) in [5.74, 6) is 0.708. The van der Waals surface area contributed by atoms with Gasteiger partial charge in [-0.25, -0.2) is 0 Å². The summed E-state index contributed by atoms with van der Waals surface area (Å²) >= 11 is 0. The minimum atomic E-state index is 0.279. The van der Waals surface area contributed by atoms with Crippen molar-refractivity contribution in [2.75, 3.05) is 0 Å². The van der Waals surface area contributed by atoms with Gasteiger partial charge in [0.1, 0.15) is 5.52 Å². The van der Waals surface area contributed by atoms with E-state index in [2.05, 4.69) is 64.1 Å². The Balaban J connectivity index is 1.68. The second-order valence-electron chi connectivity index (χ2n) is 7.06. The molecule has 26 heavy (non-hydrogen) atoms. The topological polar surface area (TPSA) is 64.5 Å². The van der Waals surface area contributed by atoms with Crippen molar-refractivity contribution in [2.24, 2.45) is 0 Å². The molecular weight excluding hydrogens is 322 g/mol. The van der Waals surface area contributed by atoms with Crippen LogP contribution in [-0.2, 0) is 6.42 Å². The third kappa shape index (κ3) is 3.01. The van der Waals surface area contributed by atoms with Crippen molar-refractivity contribution < 1.29 is 0 Å². The van der Waals surface area contributed by atoms with Gasteiger partial charge in [-0.05, 0) is 35.4 Å². The molecule has 130 valence electrons. The predicted octanol–water partition coefficient (Wildman–Crippen LogP) is 4.44. The highest BCUT2D eigenvalue weighted by Gasteiger charge is 2.14. The van der Waals surface area contributed by atoms with Gasteiger partial charge in [0, 0.05) is 29.5 Å². The molecule has 3 aromatic heterocycles. The molecule has 1 aromatic carbocycles. The Morgan fingerprint density at radius 2 is 1.73 bits per heavy atom. The molecular formula is C21H21N5. The monoisotopic (exact) mass is 343 g/mol. The summed E-state index contributed by atoms with van der Waals surface area (Å²) in [5, 5.41) is 9.69. The van der Waals surface area contributed by atoms with Gasteiger partial charge in [-0.15, -0.1) is 0 Å². The Morgan fingerprint density at radius 3 is 2.58 bits per heavy atom. The van der Waals surface area contributed by atoms with Crippen LogP contribution in [0, 0.1) is 0 Å². The van der Waals surface area contributed by atoms with E-state index in [0.29, 0.717) is 5.92 Å². The molecule has 0 saturated heterocycles. The average Bonchev–Trinajstić information content (AvgIpc) is 2.66. The second-order valence-corrected chi connectivity index (χ2v) is 7.06. The number of hydrogen-bond acceptors (Lipinski definition) is 5. The zero-order valence-electron chi connectivity index (χ0n) is 15.2. The van der Waals surface area contributed by atoms with Gasteiger partial charge in [0.2, 0.25) is 0 Å². The van der Waals surface area contributed by atoms with E-state index in [1.54, 1.807) is 18.6 Å². The Labute approximate surface area is 152 Å². The third-order valence-electron chi connectivity index (χ3n) is 4.84. The molecule has 0 aliphatic heterocycles. The fourth-order valence-electron chi connectivity index (χ4n) is 3.45. The fourth-order valence-corrected chi connectivity index (χ4v) is 3.45. The summed E-state index contributed by atoms with van der Waals surface area (Å²) in [6, 6.07) is 6.51. The van der Waals surface area contributed by atoms with Crippen molar-refractivity contribution in [3.05, 3.63) is 65.9 Å². The lowest BCUT2D eigenvalue weighted by atomic mass is 9.92. The van der Waals surface area contributed by atoms with Crippen LogP contribution in [-0.4, -0.2) is 25.1 Å². The van der Waals surface area contributed by atoms with Crippen LogP contribution in [0.4, 0.5) is 0 Å². The number of rotatable bonds is 4. The molecule has 0 saturated carbocycles. The van der Waals surface area contributed by atoms with Gasteiger partial charge in [0.05, 0.1) is 23.4 Å². The Kier molecular flexibility index (Phi) is 4.29. The third-order valence-corrected chi connectivity index (χ3v) is 4.84. The lowest BCUT2D eigenvalue weighted by Gasteiger charge is -2.14. The van der Waals surface area contributed by atoms with E-state index in [1.165, 1.54) is 16.5 Å². The normalized spacial score (nSPS) is 12.8. The molecule has 0 aliphatic carbocycles. The average molecular weight is 343 g/mol. The molecule has 3 heterocycles. The van der Waals surface area contributed by atoms with Gasteiger partial charge in [0.25, 0.3) is 0 Å². The van der Waals surface area contributed by atoms with Crippen LogP contribution in [0.2, 0.25) is 0 Å². The maximum absolute atomic E-state index is 4.50. The number of hydrogen-bond donors (Lipinski definition) is 0. The van der Waals surface area contributed by atoms with E-state index < -0.39 is 0 Å². The zero-order valence-corrected chi connectivity index (χ0v) is 15.2. The van der Waals surface area contributed by atoms with Crippen LogP contribution in [0.1, 0.15) is 49.3 Å². The molecule has 0 fully saturated rings. The maximum atomic E-state index is 4.50. The van der Waals surface area contributed by atoms with Crippen LogP contribution in [0.5, 0.6) is 0 Å². The van der Waals surface area contributed by atoms with Gasteiger partial charge < -0.3 is 0 Å². The smallest absolute Gasteiger partial charge is 0.107 e. The highest BCUT2D eigenvalue weighted by atomic mass is 15.1. The van der Waals surface area contributed by atoms with Gasteiger partial charge in [-0.3, -0.25) is 15.0 Å². The molecule has 0 spiro atoms. The quantitative estimate of drug-likeness (QED) is 0.548. The van der Waals surface area contributed by atoms with E-state index in [-0.39, 0.29) is 5.92 Å². The zero-order chi connectivity index (χ0) is 18.1. The summed E-state index contributed by atoms with van der Waals surface area (Å²) in [6.45, 7) is 6.56. The molecule has 0 amide bonds. The first-order valence-electron chi connectivity index (χ1n) is 8.92. The first kappa shape index (κ1) is 16.5. The molecule has 1 unspecified atom stereocenters. The summed E-state index contributed by atoms with van der Waals surface area (Å²) in [6.07, 6.45) is 9.86. The van der Waals surface area contributed by atoms with Crippen molar-refractivity contribution >= 4 is 21.9 Å². The van der Waals surface area contributed by atoms with Crippen molar-refractivity contribution in [3.63, 3.8) is 0 Å². The van der Waals surface area contributed by atoms with E-state index in [9.17, 15) is 0 Å². The Bertz CT molecular complexity index is 1070. The number of aromatic nitrogens is 5. The predicted molar refractivity (Wildman–Crippen MR) is 103 cm³/mol. The van der Waals surface area contributed by atoms with Gasteiger partial charge in [-0.1, -0.05) is 32.9 Å². The van der Waals surface area contributed by atoms with E-state index in [4.69, 9.17) is 0 Å². The Hall–Kier alpha value is -2.95. The van der Waals surface area contributed by atoms with Crippen molar-refractivity contribution in [1.82, 2.24) is 25.1 Å². The first-order valence-corrected chi connectivity index (χ1v) is 8.92. The molecule has 0 N–H and O–H groups in total. The minimum Gasteiger partial charge on any atom is -0.262 e. The highest BCUT2D eigenvalue weighted by Crippen LogP contribution is 2.28. The minimum absolute atomic E-state index is 0.279. The molecule has 4 aromatic rings. The van der Waals surface area contributed by atoms with Crippen LogP contribution in [0.3, 0.4) is 0 Å². The molecule has 5 nitrogen and oxygen atoms in total. The van der Waals surface area contributed by atoms with Gasteiger partial charge >= 0.3 is 0 Å². The SMILES string of the molecule is CC(C)c1cnnc2cc(CC(C)c3cncc4nccnc34)ccc12. The summed E-state index contributed by atoms with van der Waals surface area (Å²) < 4.78 is 0. The van der Waals surface area contributed by atoms with E-state index >= 15 is 0 Å². The summed E-state index contributed by atoms with van der Waals surface area (Å²) in [7, 11) is 0. The van der Waals surface area contributed by atoms with Crippen LogP contribution >= 0.6 is 0 Å². The molecule has 0 aliphatic rings. The molecule has 5 heteroatoms. The molecule has 4 rings (SSSR count). The van der Waals surface area contributed by atoms with Crippen LogP contribution in [0.25, 0.3) is 21.9 Å². The maximum Gasteiger partial charge on any atom is 0.107 e. The summed E-state index contributed by atoms with van der Waals surface area (Å²) in [4.78, 5) is 13.2. The number of nitrogens with zero attached hydrogens (tertiary/aromatic N) is 5. The van der Waals surface area contributed by atoms with Gasteiger partial charge in [0.15, 0.2) is 0 Å². The second kappa shape index (κ2) is 6.75. The van der Waals surface area contributed by atoms with Crippen molar-refractivity contribution in [2.45, 2.75) is 39.0 Å². The lowest BCUT2D eigenvalue weighted by Crippen LogP contribution is -2.02. The highest BCUT2D eigenvalue weighted by molar-refractivity contribution is 5.82. The number of pyridine rings is 1. The molecule has 0 radical (unpaired) electrons.